The van der Waals surface area contributed by atoms with Crippen LogP contribution in [0.15, 0.2) is 60.3 Å². The largest absolute Gasteiger partial charge is 0.491 e. The van der Waals surface area contributed by atoms with Gasteiger partial charge in [-0.25, -0.2) is 0 Å². The molecule has 6 nitrogen and oxygen atoms in total. The van der Waals surface area contributed by atoms with E-state index >= 15 is 0 Å². The Morgan fingerprint density at radius 2 is 1.58 bits per heavy atom. The number of ether oxygens (including phenoxy) is 2. The summed E-state index contributed by atoms with van der Waals surface area (Å²) >= 11 is 0. The number of imide groups is 1. The summed E-state index contributed by atoms with van der Waals surface area (Å²) in [4.78, 5) is 30.6. The predicted octanol–water partition coefficient (Wildman–Crippen LogP) is 3.91. The maximum Gasteiger partial charge on any atom is 0.277 e. The molecule has 0 aliphatic carbocycles. The topological polar surface area (TPSA) is 59.1 Å². The van der Waals surface area contributed by atoms with Crippen molar-refractivity contribution in [3.8, 4) is 5.75 Å². The summed E-state index contributed by atoms with van der Waals surface area (Å²) in [5.74, 6) is 0.271. The van der Waals surface area contributed by atoms with Crippen LogP contribution in [0.25, 0.3) is 5.57 Å². The molecule has 4 rings (SSSR count). The second-order valence-electron chi connectivity index (χ2n) is 9.07. The predicted molar refractivity (Wildman–Crippen MR) is 128 cm³/mol. The standard InChI is InChI=1S/C27H32N2O4/c1-18(2)32-23-12-10-22(11-13-23)24-25(28-16-19(3)33-20(4)17-28)27(31)29(26(24)30)15-14-21-8-6-5-7-9-21/h5-13,18-20H,14-17H2,1-4H3. The quantitative estimate of drug-likeness (QED) is 0.601. The Morgan fingerprint density at radius 3 is 2.18 bits per heavy atom. The van der Waals surface area contributed by atoms with Crippen LogP contribution in [0.2, 0.25) is 0 Å². The molecule has 0 saturated carbocycles. The molecule has 33 heavy (non-hydrogen) atoms. The van der Waals surface area contributed by atoms with Gasteiger partial charge in [0.25, 0.3) is 11.8 Å². The Labute approximate surface area is 195 Å². The molecule has 0 spiro atoms. The van der Waals surface area contributed by atoms with Crippen LogP contribution in [-0.4, -0.2) is 59.6 Å². The van der Waals surface area contributed by atoms with Crippen LogP contribution in [0, 0.1) is 0 Å². The molecule has 2 aliphatic heterocycles. The first-order valence-corrected chi connectivity index (χ1v) is 11.7. The number of amides is 2. The van der Waals surface area contributed by atoms with Gasteiger partial charge in [0, 0.05) is 19.6 Å². The Hall–Kier alpha value is -3.12. The number of nitrogens with zero attached hydrogens (tertiary/aromatic N) is 2. The lowest BCUT2D eigenvalue weighted by Crippen LogP contribution is -2.47. The summed E-state index contributed by atoms with van der Waals surface area (Å²) in [5.41, 5.74) is 2.77. The SMILES string of the molecule is CC(C)Oc1ccc(C2=C(N3CC(C)OC(C)C3)C(=O)N(CCc3ccccc3)C2=O)cc1. The Kier molecular flexibility index (Phi) is 6.84. The van der Waals surface area contributed by atoms with E-state index in [0.717, 1.165) is 16.9 Å². The number of carbonyl (C=O) groups is 2. The molecule has 0 bridgehead atoms. The third-order valence-corrected chi connectivity index (χ3v) is 5.86. The summed E-state index contributed by atoms with van der Waals surface area (Å²) < 4.78 is 11.6. The van der Waals surface area contributed by atoms with Crippen LogP contribution < -0.4 is 4.74 Å². The molecule has 1 saturated heterocycles. The number of hydrogen-bond acceptors (Lipinski definition) is 5. The van der Waals surface area contributed by atoms with Crippen LogP contribution in [-0.2, 0) is 20.7 Å². The van der Waals surface area contributed by atoms with Crippen LogP contribution in [0.1, 0.15) is 38.8 Å². The maximum atomic E-state index is 13.6. The van der Waals surface area contributed by atoms with Crippen molar-refractivity contribution >= 4 is 17.4 Å². The zero-order chi connectivity index (χ0) is 23.5. The van der Waals surface area contributed by atoms with Crippen LogP contribution in [0.3, 0.4) is 0 Å². The summed E-state index contributed by atoms with van der Waals surface area (Å²) in [6, 6.07) is 17.4. The van der Waals surface area contributed by atoms with Gasteiger partial charge in [-0.15, -0.1) is 0 Å². The molecule has 6 heteroatoms. The van der Waals surface area contributed by atoms with Gasteiger partial charge in [-0.05, 0) is 57.4 Å². The number of hydrogen-bond donors (Lipinski definition) is 0. The molecule has 0 radical (unpaired) electrons. The van der Waals surface area contributed by atoms with Crippen molar-refractivity contribution < 1.29 is 19.1 Å². The van der Waals surface area contributed by atoms with Crippen molar-refractivity contribution in [1.29, 1.82) is 0 Å². The highest BCUT2D eigenvalue weighted by Crippen LogP contribution is 2.34. The average molecular weight is 449 g/mol. The minimum Gasteiger partial charge on any atom is -0.491 e. The molecular formula is C27H32N2O4. The number of morpholine rings is 1. The molecule has 2 heterocycles. The van der Waals surface area contributed by atoms with E-state index in [1.165, 1.54) is 4.90 Å². The van der Waals surface area contributed by atoms with Gasteiger partial charge in [0.15, 0.2) is 0 Å². The van der Waals surface area contributed by atoms with E-state index in [-0.39, 0.29) is 30.1 Å². The smallest absolute Gasteiger partial charge is 0.277 e. The van der Waals surface area contributed by atoms with Crippen molar-refractivity contribution in [2.24, 2.45) is 0 Å². The van der Waals surface area contributed by atoms with Crippen molar-refractivity contribution in [3.63, 3.8) is 0 Å². The Balaban J connectivity index is 1.66. The molecule has 0 N–H and O–H groups in total. The van der Waals surface area contributed by atoms with E-state index in [1.54, 1.807) is 0 Å². The Bertz CT molecular complexity index is 1020. The normalized spacial score (nSPS) is 21.4. The summed E-state index contributed by atoms with van der Waals surface area (Å²) in [6.45, 7) is 9.42. The van der Waals surface area contributed by atoms with E-state index in [1.807, 2.05) is 87.2 Å². The van der Waals surface area contributed by atoms with E-state index in [9.17, 15) is 9.59 Å². The summed E-state index contributed by atoms with van der Waals surface area (Å²) in [6.07, 6.45) is 0.636. The van der Waals surface area contributed by atoms with Gasteiger partial charge in [0.1, 0.15) is 11.4 Å². The zero-order valence-electron chi connectivity index (χ0n) is 19.8. The second-order valence-corrected chi connectivity index (χ2v) is 9.07. The van der Waals surface area contributed by atoms with Gasteiger partial charge in [0.05, 0.1) is 23.9 Å². The van der Waals surface area contributed by atoms with Crippen molar-refractivity contribution in [2.45, 2.75) is 52.4 Å². The highest BCUT2D eigenvalue weighted by molar-refractivity contribution is 6.35. The fourth-order valence-electron chi connectivity index (χ4n) is 4.54. The first kappa shape index (κ1) is 23.1. The van der Waals surface area contributed by atoms with Gasteiger partial charge in [-0.3, -0.25) is 14.5 Å². The monoisotopic (exact) mass is 448 g/mol. The first-order chi connectivity index (χ1) is 15.8. The molecule has 2 aromatic carbocycles. The van der Waals surface area contributed by atoms with Crippen molar-refractivity contribution in [3.05, 3.63) is 71.4 Å². The van der Waals surface area contributed by atoms with E-state index in [0.29, 0.717) is 37.3 Å². The fraction of sp³-hybridized carbons (Fsp3) is 0.407. The lowest BCUT2D eigenvalue weighted by molar-refractivity contribution is -0.138. The average Bonchev–Trinajstić information content (AvgIpc) is 3.02. The number of benzene rings is 2. The van der Waals surface area contributed by atoms with Crippen LogP contribution in [0.4, 0.5) is 0 Å². The molecule has 2 unspecified atom stereocenters. The number of carbonyl (C=O) groups excluding carboxylic acids is 2. The van der Waals surface area contributed by atoms with Gasteiger partial charge < -0.3 is 14.4 Å². The highest BCUT2D eigenvalue weighted by atomic mass is 16.5. The molecule has 174 valence electrons. The van der Waals surface area contributed by atoms with Crippen LogP contribution >= 0.6 is 0 Å². The van der Waals surface area contributed by atoms with Gasteiger partial charge in [0.2, 0.25) is 0 Å². The third kappa shape index (κ3) is 5.11. The highest BCUT2D eigenvalue weighted by Gasteiger charge is 2.42. The molecular weight excluding hydrogens is 416 g/mol. The zero-order valence-corrected chi connectivity index (χ0v) is 19.8. The molecule has 2 aromatic rings. The first-order valence-electron chi connectivity index (χ1n) is 11.7. The van der Waals surface area contributed by atoms with Crippen LogP contribution in [0.5, 0.6) is 5.75 Å². The van der Waals surface area contributed by atoms with Gasteiger partial charge in [-0.1, -0.05) is 42.5 Å². The molecule has 1 fully saturated rings. The van der Waals surface area contributed by atoms with Gasteiger partial charge in [-0.2, -0.15) is 0 Å². The minimum absolute atomic E-state index is 0.0226. The lowest BCUT2D eigenvalue weighted by atomic mass is 10.0. The fourth-order valence-corrected chi connectivity index (χ4v) is 4.54. The van der Waals surface area contributed by atoms with Crippen molar-refractivity contribution in [1.82, 2.24) is 9.80 Å². The Morgan fingerprint density at radius 1 is 0.939 bits per heavy atom. The lowest BCUT2D eigenvalue weighted by Gasteiger charge is -2.37. The van der Waals surface area contributed by atoms with E-state index in [2.05, 4.69) is 0 Å². The molecule has 2 aliphatic rings. The number of rotatable bonds is 7. The van der Waals surface area contributed by atoms with E-state index < -0.39 is 0 Å². The molecule has 0 aromatic heterocycles. The molecule has 2 amide bonds. The third-order valence-electron chi connectivity index (χ3n) is 5.86. The molecule has 2 atom stereocenters. The second kappa shape index (κ2) is 9.79. The summed E-state index contributed by atoms with van der Waals surface area (Å²) in [7, 11) is 0. The van der Waals surface area contributed by atoms with Crippen molar-refractivity contribution in [2.75, 3.05) is 19.6 Å². The van der Waals surface area contributed by atoms with Gasteiger partial charge >= 0.3 is 0 Å². The minimum atomic E-state index is -0.241. The summed E-state index contributed by atoms with van der Waals surface area (Å²) in [5, 5.41) is 0. The van der Waals surface area contributed by atoms with E-state index in [4.69, 9.17) is 9.47 Å². The maximum absolute atomic E-state index is 13.6.